The minimum Gasteiger partial charge on any atom is -0.337 e. The molecule has 0 aliphatic heterocycles. The van der Waals surface area contributed by atoms with Gasteiger partial charge in [-0.15, -0.1) is 0 Å². The Labute approximate surface area is 102 Å². The van der Waals surface area contributed by atoms with E-state index in [-0.39, 0.29) is 17.1 Å². The Kier molecular flexibility index (Phi) is 4.41. The van der Waals surface area contributed by atoms with E-state index in [0.717, 1.165) is 5.82 Å². The van der Waals surface area contributed by atoms with Crippen molar-refractivity contribution in [3.8, 4) is 0 Å². The van der Waals surface area contributed by atoms with E-state index in [0.29, 0.717) is 6.54 Å². The van der Waals surface area contributed by atoms with Gasteiger partial charge in [-0.3, -0.25) is 4.79 Å². The van der Waals surface area contributed by atoms with Crippen molar-refractivity contribution in [2.24, 2.45) is 13.0 Å². The molecule has 0 bridgehead atoms. The van der Waals surface area contributed by atoms with Crippen LogP contribution in [0, 0.1) is 5.92 Å². The molecule has 1 amide bonds. The van der Waals surface area contributed by atoms with Crippen molar-refractivity contribution in [3.63, 3.8) is 0 Å². The van der Waals surface area contributed by atoms with Gasteiger partial charge in [-0.2, -0.15) is 12.6 Å². The van der Waals surface area contributed by atoms with Gasteiger partial charge < -0.3 is 9.47 Å². The average Bonchev–Trinajstić information content (AvgIpc) is 2.62. The molecule has 1 heterocycles. The molecule has 16 heavy (non-hydrogen) atoms. The van der Waals surface area contributed by atoms with Crippen LogP contribution >= 0.6 is 12.6 Å². The third kappa shape index (κ3) is 3.01. The largest absolute Gasteiger partial charge is 0.337 e. The van der Waals surface area contributed by atoms with Crippen LogP contribution in [0.3, 0.4) is 0 Å². The molecule has 90 valence electrons. The smallest absolute Gasteiger partial charge is 0.235 e. The summed E-state index contributed by atoms with van der Waals surface area (Å²) in [7, 11) is 3.70. The van der Waals surface area contributed by atoms with Crippen molar-refractivity contribution in [1.29, 1.82) is 0 Å². The van der Waals surface area contributed by atoms with Crippen molar-refractivity contribution < 1.29 is 4.79 Å². The highest BCUT2D eigenvalue weighted by atomic mass is 32.1. The van der Waals surface area contributed by atoms with Crippen LogP contribution in [0.15, 0.2) is 12.4 Å². The Hall–Kier alpha value is -0.970. The van der Waals surface area contributed by atoms with Crippen LogP contribution in [0.25, 0.3) is 0 Å². The van der Waals surface area contributed by atoms with Gasteiger partial charge in [0, 0.05) is 26.5 Å². The molecule has 0 saturated carbocycles. The summed E-state index contributed by atoms with van der Waals surface area (Å²) in [5.74, 6) is 1.15. The molecule has 0 spiro atoms. The first kappa shape index (κ1) is 13.1. The third-order valence-electron chi connectivity index (χ3n) is 2.56. The monoisotopic (exact) mass is 241 g/mol. The van der Waals surface area contributed by atoms with Gasteiger partial charge in [0.05, 0.1) is 11.8 Å². The van der Waals surface area contributed by atoms with Crippen molar-refractivity contribution in [2.75, 3.05) is 7.05 Å². The molecule has 4 nitrogen and oxygen atoms in total. The van der Waals surface area contributed by atoms with Crippen molar-refractivity contribution in [3.05, 3.63) is 18.2 Å². The molecule has 5 heteroatoms. The molecule has 1 aromatic heterocycles. The summed E-state index contributed by atoms with van der Waals surface area (Å²) < 4.78 is 1.91. The SMILES string of the molecule is CC(C)C(S)C(=O)N(C)Cc1nccn1C. The number of nitrogens with zero attached hydrogens (tertiary/aromatic N) is 3. The molecule has 0 N–H and O–H groups in total. The normalized spacial score (nSPS) is 12.9. The maximum atomic E-state index is 11.9. The van der Waals surface area contributed by atoms with Crippen LogP contribution in [0.5, 0.6) is 0 Å². The van der Waals surface area contributed by atoms with Gasteiger partial charge in [0.15, 0.2) is 0 Å². The number of carbonyl (C=O) groups is 1. The van der Waals surface area contributed by atoms with Gasteiger partial charge in [0.25, 0.3) is 0 Å². The Morgan fingerprint density at radius 3 is 2.69 bits per heavy atom. The molecule has 1 aromatic rings. The second kappa shape index (κ2) is 5.39. The second-order valence-corrected chi connectivity index (χ2v) is 4.89. The zero-order valence-corrected chi connectivity index (χ0v) is 11.1. The van der Waals surface area contributed by atoms with E-state index in [4.69, 9.17) is 0 Å². The number of carbonyl (C=O) groups excluding carboxylic acids is 1. The summed E-state index contributed by atoms with van der Waals surface area (Å²) in [4.78, 5) is 17.8. The van der Waals surface area contributed by atoms with Gasteiger partial charge in [0.2, 0.25) is 5.91 Å². The van der Waals surface area contributed by atoms with Crippen LogP contribution < -0.4 is 0 Å². The Morgan fingerprint density at radius 2 is 2.25 bits per heavy atom. The molecule has 1 atom stereocenters. The molecular weight excluding hydrogens is 222 g/mol. The highest BCUT2D eigenvalue weighted by Gasteiger charge is 2.22. The van der Waals surface area contributed by atoms with E-state index in [1.807, 2.05) is 31.7 Å². The molecule has 0 aromatic carbocycles. The summed E-state index contributed by atoms with van der Waals surface area (Å²) >= 11 is 4.32. The zero-order chi connectivity index (χ0) is 12.3. The van der Waals surface area contributed by atoms with Crippen molar-refractivity contribution in [1.82, 2.24) is 14.5 Å². The van der Waals surface area contributed by atoms with Crippen molar-refractivity contribution in [2.45, 2.75) is 25.6 Å². The predicted octanol–water partition coefficient (Wildman–Crippen LogP) is 1.33. The number of imidazole rings is 1. The van der Waals surface area contributed by atoms with Crippen LogP contribution in [-0.4, -0.2) is 32.7 Å². The van der Waals surface area contributed by atoms with E-state index in [2.05, 4.69) is 17.6 Å². The van der Waals surface area contributed by atoms with Crippen LogP contribution in [0.4, 0.5) is 0 Å². The first-order chi connectivity index (χ1) is 7.43. The first-order valence-electron chi connectivity index (χ1n) is 5.32. The maximum Gasteiger partial charge on any atom is 0.235 e. The lowest BCUT2D eigenvalue weighted by Crippen LogP contribution is -2.36. The van der Waals surface area contributed by atoms with Crippen LogP contribution in [0.1, 0.15) is 19.7 Å². The number of rotatable bonds is 4. The fraction of sp³-hybridized carbons (Fsp3) is 0.636. The standard InChI is InChI=1S/C11H19N3OS/c1-8(2)10(16)11(15)14(4)7-9-12-5-6-13(9)3/h5-6,8,10,16H,7H2,1-4H3. The Balaban J connectivity index is 2.62. The fourth-order valence-corrected chi connectivity index (χ4v) is 1.55. The number of aromatic nitrogens is 2. The van der Waals surface area contributed by atoms with Crippen LogP contribution in [-0.2, 0) is 18.4 Å². The molecular formula is C11H19N3OS. The van der Waals surface area contributed by atoms with E-state index in [9.17, 15) is 4.79 Å². The number of aryl methyl sites for hydroxylation is 1. The van der Waals surface area contributed by atoms with Crippen molar-refractivity contribution >= 4 is 18.5 Å². The number of hydrogen-bond donors (Lipinski definition) is 1. The molecule has 1 rings (SSSR count). The lowest BCUT2D eigenvalue weighted by molar-refractivity contribution is -0.130. The van der Waals surface area contributed by atoms with Gasteiger partial charge in [-0.25, -0.2) is 4.98 Å². The van der Waals surface area contributed by atoms with E-state index in [1.54, 1.807) is 18.1 Å². The van der Waals surface area contributed by atoms with E-state index < -0.39 is 0 Å². The summed E-state index contributed by atoms with van der Waals surface area (Å²) in [5, 5.41) is -0.245. The molecule has 0 fully saturated rings. The summed E-state index contributed by atoms with van der Waals surface area (Å²) in [5.41, 5.74) is 0. The zero-order valence-electron chi connectivity index (χ0n) is 10.2. The highest BCUT2D eigenvalue weighted by molar-refractivity contribution is 7.81. The lowest BCUT2D eigenvalue weighted by atomic mass is 10.1. The minimum atomic E-state index is -0.245. The van der Waals surface area contributed by atoms with E-state index >= 15 is 0 Å². The predicted molar refractivity (Wildman–Crippen MR) is 67.3 cm³/mol. The summed E-state index contributed by atoms with van der Waals surface area (Å²) in [6, 6.07) is 0. The second-order valence-electron chi connectivity index (χ2n) is 4.34. The summed E-state index contributed by atoms with van der Waals surface area (Å²) in [6.07, 6.45) is 3.60. The van der Waals surface area contributed by atoms with Gasteiger partial charge in [0.1, 0.15) is 5.82 Å². The quantitative estimate of drug-likeness (QED) is 0.808. The minimum absolute atomic E-state index is 0.0429. The molecule has 0 radical (unpaired) electrons. The topological polar surface area (TPSA) is 38.1 Å². The number of thiol groups is 1. The molecule has 0 aliphatic carbocycles. The fourth-order valence-electron chi connectivity index (χ4n) is 1.35. The molecule has 0 saturated heterocycles. The molecule has 1 unspecified atom stereocenters. The first-order valence-corrected chi connectivity index (χ1v) is 5.84. The maximum absolute atomic E-state index is 11.9. The van der Waals surface area contributed by atoms with Gasteiger partial charge >= 0.3 is 0 Å². The summed E-state index contributed by atoms with van der Waals surface area (Å²) in [6.45, 7) is 4.50. The van der Waals surface area contributed by atoms with Gasteiger partial charge in [-0.1, -0.05) is 13.8 Å². The number of amides is 1. The lowest BCUT2D eigenvalue weighted by Gasteiger charge is -2.22. The van der Waals surface area contributed by atoms with Gasteiger partial charge in [-0.05, 0) is 5.92 Å². The van der Waals surface area contributed by atoms with E-state index in [1.165, 1.54) is 0 Å². The Morgan fingerprint density at radius 1 is 1.62 bits per heavy atom. The van der Waals surface area contributed by atoms with Crippen LogP contribution in [0.2, 0.25) is 0 Å². The number of hydrogen-bond acceptors (Lipinski definition) is 3. The molecule has 0 aliphatic rings. The third-order valence-corrected chi connectivity index (χ3v) is 3.38. The average molecular weight is 241 g/mol. The highest BCUT2D eigenvalue weighted by Crippen LogP contribution is 2.12. The Bertz CT molecular complexity index is 362.